The number of carbonyl (C=O) groups is 1. The Balaban J connectivity index is 2.77. The second-order valence-corrected chi connectivity index (χ2v) is 4.53. The number of benzene rings is 1. The predicted molar refractivity (Wildman–Crippen MR) is 65.1 cm³/mol. The summed E-state index contributed by atoms with van der Waals surface area (Å²) in [6.07, 6.45) is 1.65. The molecule has 0 fully saturated rings. The fraction of sp³-hybridized carbons (Fsp3) is 0.250. The van der Waals surface area contributed by atoms with E-state index >= 15 is 0 Å². The van der Waals surface area contributed by atoms with Crippen LogP contribution in [0.3, 0.4) is 0 Å². The topological polar surface area (TPSA) is 46.5 Å². The smallest absolute Gasteiger partial charge is 0.316 e. The number of ether oxygens (including phenoxy) is 1. The summed E-state index contributed by atoms with van der Waals surface area (Å²) in [6, 6.07) is 7.38. The van der Waals surface area contributed by atoms with Crippen molar-refractivity contribution in [3.63, 3.8) is 0 Å². The Bertz CT molecular complexity index is 376. The molecule has 1 aromatic rings. The van der Waals surface area contributed by atoms with E-state index in [1.54, 1.807) is 13.0 Å². The van der Waals surface area contributed by atoms with Crippen LogP contribution >= 0.6 is 11.8 Å². The van der Waals surface area contributed by atoms with E-state index in [1.165, 1.54) is 11.8 Å². The molecule has 1 atom stereocenters. The third-order valence-electron chi connectivity index (χ3n) is 1.86. The first-order chi connectivity index (χ1) is 7.65. The zero-order valence-corrected chi connectivity index (χ0v) is 9.87. The molecule has 16 heavy (non-hydrogen) atoms. The van der Waals surface area contributed by atoms with Gasteiger partial charge in [-0.15, -0.1) is 11.8 Å². The van der Waals surface area contributed by atoms with Crippen molar-refractivity contribution in [1.29, 1.82) is 0 Å². The Labute approximate surface area is 99.1 Å². The van der Waals surface area contributed by atoms with Gasteiger partial charge in [-0.2, -0.15) is 0 Å². The van der Waals surface area contributed by atoms with Crippen molar-refractivity contribution >= 4 is 17.7 Å². The molecule has 0 aliphatic carbocycles. The van der Waals surface area contributed by atoms with Crippen molar-refractivity contribution in [2.45, 2.75) is 17.1 Å². The molecule has 4 heteroatoms. The zero-order valence-electron chi connectivity index (χ0n) is 9.05. The van der Waals surface area contributed by atoms with Crippen LogP contribution in [-0.2, 0) is 4.79 Å². The molecule has 0 saturated heterocycles. The van der Waals surface area contributed by atoms with Crippen LogP contribution in [0.2, 0.25) is 0 Å². The van der Waals surface area contributed by atoms with Crippen molar-refractivity contribution in [3.8, 4) is 5.75 Å². The molecule has 0 aromatic heterocycles. The number of rotatable bonds is 6. The van der Waals surface area contributed by atoms with Gasteiger partial charge in [0, 0.05) is 0 Å². The summed E-state index contributed by atoms with van der Waals surface area (Å²) in [6.45, 7) is 5.63. The monoisotopic (exact) mass is 238 g/mol. The second kappa shape index (κ2) is 6.23. The van der Waals surface area contributed by atoms with Crippen LogP contribution in [-0.4, -0.2) is 22.9 Å². The molecule has 0 spiro atoms. The van der Waals surface area contributed by atoms with Gasteiger partial charge < -0.3 is 9.84 Å². The van der Waals surface area contributed by atoms with E-state index in [0.717, 1.165) is 4.90 Å². The lowest BCUT2D eigenvalue weighted by Crippen LogP contribution is -2.11. The molecule has 1 rings (SSSR count). The van der Waals surface area contributed by atoms with Gasteiger partial charge in [0.15, 0.2) is 0 Å². The van der Waals surface area contributed by atoms with Gasteiger partial charge in [-0.3, -0.25) is 4.79 Å². The van der Waals surface area contributed by atoms with Gasteiger partial charge >= 0.3 is 5.97 Å². The van der Waals surface area contributed by atoms with Crippen molar-refractivity contribution in [2.75, 3.05) is 6.61 Å². The molecular formula is C12H14O3S. The Morgan fingerprint density at radius 1 is 1.62 bits per heavy atom. The summed E-state index contributed by atoms with van der Waals surface area (Å²) in [5.74, 6) is -0.135. The standard InChI is InChI=1S/C12H14O3S/c1-3-8-15-10-6-4-5-7-11(10)16-9(2)12(13)14/h3-7,9H,1,8H2,2H3,(H,13,14). The first-order valence-corrected chi connectivity index (χ1v) is 5.75. The van der Waals surface area contributed by atoms with E-state index in [9.17, 15) is 4.79 Å². The number of para-hydroxylation sites is 1. The van der Waals surface area contributed by atoms with E-state index < -0.39 is 11.2 Å². The van der Waals surface area contributed by atoms with Crippen molar-refractivity contribution in [2.24, 2.45) is 0 Å². The highest BCUT2D eigenvalue weighted by Crippen LogP contribution is 2.32. The molecule has 0 bridgehead atoms. The maximum absolute atomic E-state index is 10.8. The van der Waals surface area contributed by atoms with Crippen LogP contribution in [0.4, 0.5) is 0 Å². The van der Waals surface area contributed by atoms with Gasteiger partial charge in [-0.25, -0.2) is 0 Å². The largest absolute Gasteiger partial charge is 0.488 e. The number of thioether (sulfide) groups is 1. The number of hydrogen-bond donors (Lipinski definition) is 1. The summed E-state index contributed by atoms with van der Waals surface area (Å²) in [5.41, 5.74) is 0. The number of aliphatic carboxylic acids is 1. The van der Waals surface area contributed by atoms with Crippen LogP contribution in [0.25, 0.3) is 0 Å². The van der Waals surface area contributed by atoms with Gasteiger partial charge in [-0.05, 0) is 19.1 Å². The second-order valence-electron chi connectivity index (χ2n) is 3.14. The molecule has 0 heterocycles. The highest BCUT2D eigenvalue weighted by atomic mass is 32.2. The minimum absolute atomic E-state index is 0.416. The van der Waals surface area contributed by atoms with Crippen molar-refractivity contribution in [1.82, 2.24) is 0 Å². The van der Waals surface area contributed by atoms with E-state index in [-0.39, 0.29) is 0 Å². The molecule has 86 valence electrons. The van der Waals surface area contributed by atoms with E-state index in [4.69, 9.17) is 9.84 Å². The number of hydrogen-bond acceptors (Lipinski definition) is 3. The molecule has 1 aromatic carbocycles. The van der Waals surface area contributed by atoms with Crippen molar-refractivity contribution < 1.29 is 14.6 Å². The number of carboxylic acid groups (broad SMARTS) is 1. The molecule has 0 saturated carbocycles. The molecule has 0 amide bonds. The van der Waals surface area contributed by atoms with Crippen LogP contribution < -0.4 is 4.74 Å². The SMILES string of the molecule is C=CCOc1ccccc1SC(C)C(=O)O. The zero-order chi connectivity index (χ0) is 12.0. The third-order valence-corrected chi connectivity index (χ3v) is 3.00. The molecule has 3 nitrogen and oxygen atoms in total. The maximum Gasteiger partial charge on any atom is 0.316 e. The molecule has 1 N–H and O–H groups in total. The molecule has 1 unspecified atom stereocenters. The summed E-state index contributed by atoms with van der Waals surface area (Å²) in [4.78, 5) is 11.6. The van der Waals surface area contributed by atoms with Crippen LogP contribution in [0.5, 0.6) is 5.75 Å². The first kappa shape index (κ1) is 12.6. The Kier molecular flexibility index (Phi) is 4.92. The lowest BCUT2D eigenvalue weighted by atomic mass is 10.3. The van der Waals surface area contributed by atoms with Crippen molar-refractivity contribution in [3.05, 3.63) is 36.9 Å². The maximum atomic E-state index is 10.8. The van der Waals surface area contributed by atoms with Crippen LogP contribution in [0.1, 0.15) is 6.92 Å². The Hall–Kier alpha value is -1.42. The Morgan fingerprint density at radius 2 is 2.31 bits per heavy atom. The summed E-state index contributed by atoms with van der Waals surface area (Å²) in [7, 11) is 0. The third kappa shape index (κ3) is 3.62. The predicted octanol–water partition coefficient (Wildman–Crippen LogP) is 2.82. The average Bonchev–Trinajstić information content (AvgIpc) is 2.27. The van der Waals surface area contributed by atoms with Gasteiger partial charge in [-0.1, -0.05) is 24.8 Å². The minimum Gasteiger partial charge on any atom is -0.488 e. The highest BCUT2D eigenvalue weighted by Gasteiger charge is 2.14. The van der Waals surface area contributed by atoms with Crippen LogP contribution in [0, 0.1) is 0 Å². The number of carboxylic acids is 1. The lowest BCUT2D eigenvalue weighted by molar-refractivity contribution is -0.136. The highest BCUT2D eigenvalue weighted by molar-refractivity contribution is 8.00. The first-order valence-electron chi connectivity index (χ1n) is 4.87. The molecular weight excluding hydrogens is 224 g/mol. The quantitative estimate of drug-likeness (QED) is 0.611. The minimum atomic E-state index is -0.830. The normalized spacial score (nSPS) is 11.8. The fourth-order valence-corrected chi connectivity index (χ4v) is 1.94. The average molecular weight is 238 g/mol. The van der Waals surface area contributed by atoms with E-state index in [2.05, 4.69) is 6.58 Å². The molecule has 0 radical (unpaired) electrons. The lowest BCUT2D eigenvalue weighted by Gasteiger charge is -2.11. The van der Waals surface area contributed by atoms with Gasteiger partial charge in [0.05, 0.1) is 4.90 Å². The van der Waals surface area contributed by atoms with Gasteiger partial charge in [0.1, 0.15) is 17.6 Å². The van der Waals surface area contributed by atoms with Gasteiger partial charge in [0.2, 0.25) is 0 Å². The Morgan fingerprint density at radius 3 is 2.94 bits per heavy atom. The van der Waals surface area contributed by atoms with E-state index in [1.807, 2.05) is 24.3 Å². The van der Waals surface area contributed by atoms with Crippen LogP contribution in [0.15, 0.2) is 41.8 Å². The van der Waals surface area contributed by atoms with E-state index in [0.29, 0.717) is 12.4 Å². The van der Waals surface area contributed by atoms with Gasteiger partial charge in [0.25, 0.3) is 0 Å². The fourth-order valence-electron chi connectivity index (χ4n) is 1.06. The molecule has 0 aliphatic rings. The molecule has 0 aliphatic heterocycles. The summed E-state index contributed by atoms with van der Waals surface area (Å²) < 4.78 is 5.44. The summed E-state index contributed by atoms with van der Waals surface area (Å²) >= 11 is 1.27. The summed E-state index contributed by atoms with van der Waals surface area (Å²) in [5, 5.41) is 8.34.